The first-order valence-corrected chi connectivity index (χ1v) is 6.80. The van der Waals surface area contributed by atoms with Crippen LogP contribution >= 0.6 is 11.6 Å². The van der Waals surface area contributed by atoms with Crippen LogP contribution in [0.25, 0.3) is 0 Å². The highest BCUT2D eigenvalue weighted by Crippen LogP contribution is 2.23. The van der Waals surface area contributed by atoms with E-state index in [9.17, 15) is 14.9 Å². The van der Waals surface area contributed by atoms with E-state index in [0.717, 1.165) is 12.8 Å². The number of nitro benzene ring substituents is 1. The van der Waals surface area contributed by atoms with Crippen LogP contribution in [0.4, 0.5) is 5.69 Å². The maximum atomic E-state index is 12.3. The second kappa shape index (κ2) is 6.19. The van der Waals surface area contributed by atoms with E-state index < -0.39 is 4.92 Å². The molecule has 1 fully saturated rings. The number of piperidine rings is 1. The molecule has 0 aromatic heterocycles. The van der Waals surface area contributed by atoms with Crippen LogP contribution in [0, 0.1) is 10.1 Å². The molecule has 1 aromatic rings. The maximum Gasteiger partial charge on any atom is 0.271 e. The first-order chi connectivity index (χ1) is 9.51. The van der Waals surface area contributed by atoms with Crippen molar-refractivity contribution in [3.8, 4) is 0 Å². The minimum Gasteiger partial charge on any atom is -0.339 e. The molecular weight excluding hydrogens is 282 g/mol. The second-order valence-electron chi connectivity index (χ2n) is 4.81. The lowest BCUT2D eigenvalue weighted by Gasteiger charge is -2.31. The molecule has 20 heavy (non-hydrogen) atoms. The molecule has 0 saturated carbocycles. The highest BCUT2D eigenvalue weighted by molar-refractivity contribution is 6.31. The molecule has 6 nitrogen and oxygen atoms in total. The monoisotopic (exact) mass is 297 g/mol. The van der Waals surface area contributed by atoms with Gasteiger partial charge in [0.2, 0.25) is 0 Å². The van der Waals surface area contributed by atoms with Crippen molar-refractivity contribution in [2.75, 3.05) is 20.1 Å². The number of hydrogen-bond acceptors (Lipinski definition) is 4. The lowest BCUT2D eigenvalue weighted by molar-refractivity contribution is -0.384. The number of amides is 1. The number of nitro groups is 1. The molecule has 0 atom stereocenters. The summed E-state index contributed by atoms with van der Waals surface area (Å²) in [5.74, 6) is -0.204. The Morgan fingerprint density at radius 2 is 2.05 bits per heavy atom. The molecule has 1 amide bonds. The van der Waals surface area contributed by atoms with Gasteiger partial charge in [0.05, 0.1) is 4.92 Å². The van der Waals surface area contributed by atoms with Gasteiger partial charge in [0, 0.05) is 41.9 Å². The number of nitrogens with zero attached hydrogens (tertiary/aromatic N) is 2. The first kappa shape index (κ1) is 14.7. The molecule has 1 aliphatic rings. The van der Waals surface area contributed by atoms with Crippen LogP contribution in [-0.4, -0.2) is 41.9 Å². The summed E-state index contributed by atoms with van der Waals surface area (Å²) >= 11 is 5.84. The van der Waals surface area contributed by atoms with E-state index >= 15 is 0 Å². The molecule has 0 spiro atoms. The molecule has 7 heteroatoms. The summed E-state index contributed by atoms with van der Waals surface area (Å²) in [7, 11) is 1.91. The average molecular weight is 298 g/mol. The summed E-state index contributed by atoms with van der Waals surface area (Å²) in [5, 5.41) is 14.2. The molecule has 1 saturated heterocycles. The summed E-state index contributed by atoms with van der Waals surface area (Å²) < 4.78 is 0. The van der Waals surface area contributed by atoms with E-state index in [-0.39, 0.29) is 22.2 Å². The van der Waals surface area contributed by atoms with Crippen molar-refractivity contribution in [1.29, 1.82) is 0 Å². The summed E-state index contributed by atoms with van der Waals surface area (Å²) in [6, 6.07) is 4.41. The molecule has 1 aliphatic heterocycles. The van der Waals surface area contributed by atoms with Gasteiger partial charge in [-0.1, -0.05) is 11.6 Å². The predicted molar refractivity (Wildman–Crippen MR) is 76.1 cm³/mol. The van der Waals surface area contributed by atoms with Gasteiger partial charge in [0.15, 0.2) is 0 Å². The molecule has 0 bridgehead atoms. The molecule has 0 radical (unpaired) electrons. The fourth-order valence-electron chi connectivity index (χ4n) is 2.36. The van der Waals surface area contributed by atoms with Crippen molar-refractivity contribution < 1.29 is 9.72 Å². The van der Waals surface area contributed by atoms with Gasteiger partial charge in [-0.3, -0.25) is 14.9 Å². The Bertz CT molecular complexity index is 528. The summed E-state index contributed by atoms with van der Waals surface area (Å²) in [6.45, 7) is 1.29. The molecule has 1 N–H and O–H groups in total. The Morgan fingerprint density at radius 1 is 1.40 bits per heavy atom. The Kier molecular flexibility index (Phi) is 4.57. The van der Waals surface area contributed by atoms with Crippen molar-refractivity contribution in [3.63, 3.8) is 0 Å². The van der Waals surface area contributed by atoms with E-state index in [0.29, 0.717) is 19.1 Å². The Labute approximate surface area is 121 Å². The Morgan fingerprint density at radius 3 is 2.60 bits per heavy atom. The van der Waals surface area contributed by atoms with Gasteiger partial charge in [-0.15, -0.1) is 0 Å². The molecule has 1 aromatic carbocycles. The van der Waals surface area contributed by atoms with Gasteiger partial charge >= 0.3 is 0 Å². The van der Waals surface area contributed by atoms with Crippen molar-refractivity contribution in [1.82, 2.24) is 10.2 Å². The normalized spacial score (nSPS) is 16.2. The number of non-ortho nitro benzene ring substituents is 1. The topological polar surface area (TPSA) is 75.5 Å². The van der Waals surface area contributed by atoms with Crippen LogP contribution in [0.3, 0.4) is 0 Å². The van der Waals surface area contributed by atoms with Crippen molar-refractivity contribution >= 4 is 23.2 Å². The van der Waals surface area contributed by atoms with Gasteiger partial charge in [-0.05, 0) is 26.0 Å². The standard InChI is InChI=1S/C13H16ClN3O3/c1-15-11-2-4-16(5-3-11)13(18)9-6-10(14)8-12(7-9)17(19)20/h6-8,11,15H,2-5H2,1H3. The molecule has 1 heterocycles. The van der Waals surface area contributed by atoms with Crippen molar-refractivity contribution in [3.05, 3.63) is 38.9 Å². The number of hydrogen-bond donors (Lipinski definition) is 1. The zero-order valence-corrected chi connectivity index (χ0v) is 11.9. The zero-order chi connectivity index (χ0) is 14.7. The Hall–Kier alpha value is -1.66. The highest BCUT2D eigenvalue weighted by atomic mass is 35.5. The van der Waals surface area contributed by atoms with Crippen LogP contribution in [0.5, 0.6) is 0 Å². The maximum absolute atomic E-state index is 12.3. The number of likely N-dealkylation sites (tertiary alicyclic amines) is 1. The van der Waals surface area contributed by atoms with E-state index in [1.807, 2.05) is 7.05 Å². The third-order valence-electron chi connectivity index (χ3n) is 3.53. The molecule has 0 aliphatic carbocycles. The number of benzene rings is 1. The summed E-state index contributed by atoms with van der Waals surface area (Å²) in [5.41, 5.74) is 0.109. The van der Waals surface area contributed by atoms with Gasteiger partial charge in [0.1, 0.15) is 0 Å². The van der Waals surface area contributed by atoms with Crippen LogP contribution in [0.1, 0.15) is 23.2 Å². The SMILES string of the molecule is CNC1CCN(C(=O)c2cc(Cl)cc([N+](=O)[O-])c2)CC1. The second-order valence-corrected chi connectivity index (χ2v) is 5.25. The third kappa shape index (κ3) is 3.26. The van der Waals surface area contributed by atoms with Gasteiger partial charge < -0.3 is 10.2 Å². The van der Waals surface area contributed by atoms with Gasteiger partial charge in [-0.25, -0.2) is 0 Å². The minimum absolute atomic E-state index is 0.161. The van der Waals surface area contributed by atoms with E-state index in [1.54, 1.807) is 4.90 Å². The fourth-order valence-corrected chi connectivity index (χ4v) is 2.59. The smallest absolute Gasteiger partial charge is 0.271 e. The van der Waals surface area contributed by atoms with Crippen LogP contribution in [0.15, 0.2) is 18.2 Å². The summed E-state index contributed by atoms with van der Waals surface area (Å²) in [4.78, 5) is 24.3. The van der Waals surface area contributed by atoms with E-state index in [4.69, 9.17) is 11.6 Å². The number of halogens is 1. The first-order valence-electron chi connectivity index (χ1n) is 6.43. The van der Waals surface area contributed by atoms with Crippen LogP contribution in [-0.2, 0) is 0 Å². The summed E-state index contributed by atoms with van der Waals surface area (Å²) in [6.07, 6.45) is 1.76. The van der Waals surface area contributed by atoms with Gasteiger partial charge in [-0.2, -0.15) is 0 Å². The Balaban J connectivity index is 2.15. The highest BCUT2D eigenvalue weighted by Gasteiger charge is 2.24. The van der Waals surface area contributed by atoms with E-state index in [2.05, 4.69) is 5.32 Å². The molecular formula is C13H16ClN3O3. The molecule has 108 valence electrons. The van der Waals surface area contributed by atoms with Crippen molar-refractivity contribution in [2.45, 2.75) is 18.9 Å². The zero-order valence-electron chi connectivity index (χ0n) is 11.1. The van der Waals surface area contributed by atoms with Crippen molar-refractivity contribution in [2.24, 2.45) is 0 Å². The van der Waals surface area contributed by atoms with Gasteiger partial charge in [0.25, 0.3) is 11.6 Å². The van der Waals surface area contributed by atoms with Crippen LogP contribution < -0.4 is 5.32 Å². The lowest BCUT2D eigenvalue weighted by Crippen LogP contribution is -2.43. The van der Waals surface area contributed by atoms with E-state index in [1.165, 1.54) is 18.2 Å². The van der Waals surface area contributed by atoms with Crippen LogP contribution in [0.2, 0.25) is 5.02 Å². The average Bonchev–Trinajstić information content (AvgIpc) is 2.46. The number of rotatable bonds is 3. The molecule has 0 unspecified atom stereocenters. The molecule has 2 rings (SSSR count). The fraction of sp³-hybridized carbons (Fsp3) is 0.462. The number of carbonyl (C=O) groups excluding carboxylic acids is 1. The number of carbonyl (C=O) groups is 1. The lowest BCUT2D eigenvalue weighted by atomic mass is 10.0. The predicted octanol–water partition coefficient (Wildman–Crippen LogP) is 2.07. The quantitative estimate of drug-likeness (QED) is 0.684. The largest absolute Gasteiger partial charge is 0.339 e. The number of nitrogens with one attached hydrogen (secondary N) is 1. The minimum atomic E-state index is -0.546. The third-order valence-corrected chi connectivity index (χ3v) is 3.75.